The summed E-state index contributed by atoms with van der Waals surface area (Å²) in [6.07, 6.45) is 0.822. The van der Waals surface area contributed by atoms with E-state index in [1.54, 1.807) is 19.2 Å². The molecule has 0 fully saturated rings. The van der Waals surface area contributed by atoms with Crippen LogP contribution in [0.2, 0.25) is 0 Å². The van der Waals surface area contributed by atoms with E-state index in [1.807, 2.05) is 19.1 Å². The number of para-hydroxylation sites is 2. The van der Waals surface area contributed by atoms with E-state index in [4.69, 9.17) is 10.5 Å². The van der Waals surface area contributed by atoms with Crippen LogP contribution in [0.25, 0.3) is 0 Å². The Morgan fingerprint density at radius 3 is 2.60 bits per heavy atom. The molecule has 0 bridgehead atoms. The molecular formula is C15H25N3O2. The Morgan fingerprint density at radius 2 is 2.05 bits per heavy atom. The number of benzene rings is 1. The number of rotatable bonds is 6. The molecular weight excluding hydrogens is 254 g/mol. The first kappa shape index (κ1) is 16.3. The van der Waals surface area contributed by atoms with E-state index in [0.29, 0.717) is 23.9 Å². The van der Waals surface area contributed by atoms with Gasteiger partial charge in [0.2, 0.25) is 0 Å². The Hall–Kier alpha value is -1.75. The highest BCUT2D eigenvalue weighted by Gasteiger charge is 2.26. The minimum absolute atomic E-state index is 0.275. The van der Waals surface area contributed by atoms with Gasteiger partial charge in [-0.25, -0.2) is 4.79 Å². The molecule has 5 nitrogen and oxygen atoms in total. The molecule has 1 rings (SSSR count). The van der Waals surface area contributed by atoms with E-state index >= 15 is 0 Å². The van der Waals surface area contributed by atoms with Crippen molar-refractivity contribution in [1.29, 1.82) is 0 Å². The van der Waals surface area contributed by atoms with Crippen LogP contribution in [0.3, 0.4) is 0 Å². The Labute approximate surface area is 120 Å². The lowest BCUT2D eigenvalue weighted by Crippen LogP contribution is -2.53. The first-order chi connectivity index (χ1) is 9.40. The van der Waals surface area contributed by atoms with Crippen molar-refractivity contribution in [3.8, 4) is 5.75 Å². The molecule has 1 aromatic rings. The highest BCUT2D eigenvalue weighted by atomic mass is 16.5. The van der Waals surface area contributed by atoms with Crippen LogP contribution in [0.5, 0.6) is 5.75 Å². The molecule has 0 aromatic heterocycles. The second kappa shape index (κ2) is 7.14. The number of carbonyl (C=O) groups is 1. The number of urea groups is 1. The number of carbonyl (C=O) groups excluding carboxylic acids is 1. The van der Waals surface area contributed by atoms with Gasteiger partial charge in [0.15, 0.2) is 0 Å². The number of hydrogen-bond acceptors (Lipinski definition) is 3. The highest BCUT2D eigenvalue weighted by Crippen LogP contribution is 2.23. The third kappa shape index (κ3) is 4.74. The van der Waals surface area contributed by atoms with Crippen molar-refractivity contribution in [3.05, 3.63) is 24.3 Å². The Bertz CT molecular complexity index is 448. The van der Waals surface area contributed by atoms with Gasteiger partial charge in [0.25, 0.3) is 0 Å². The van der Waals surface area contributed by atoms with Gasteiger partial charge in [0.1, 0.15) is 5.75 Å². The third-order valence-electron chi connectivity index (χ3n) is 3.08. The minimum atomic E-state index is -0.416. The van der Waals surface area contributed by atoms with Gasteiger partial charge in [0.05, 0.1) is 18.3 Å². The van der Waals surface area contributed by atoms with Crippen LogP contribution in [-0.4, -0.2) is 25.2 Å². The standard InChI is InChI=1S/C15H25N3O2/c1-11(2)9-15(3,10-16)18-14(19)17-12-7-5-6-8-13(12)20-4/h5-8,11H,9-10,16H2,1-4H3,(H2,17,18,19). The lowest BCUT2D eigenvalue weighted by Gasteiger charge is -2.31. The Kier molecular flexibility index (Phi) is 5.82. The van der Waals surface area contributed by atoms with E-state index < -0.39 is 5.54 Å². The minimum Gasteiger partial charge on any atom is -0.495 e. The fourth-order valence-corrected chi connectivity index (χ4v) is 2.26. The van der Waals surface area contributed by atoms with Crippen LogP contribution in [0, 0.1) is 5.92 Å². The first-order valence-electron chi connectivity index (χ1n) is 6.82. The first-order valence-corrected chi connectivity index (χ1v) is 6.82. The monoisotopic (exact) mass is 279 g/mol. The molecule has 1 aromatic carbocycles. The number of ether oxygens (including phenoxy) is 1. The lowest BCUT2D eigenvalue weighted by atomic mass is 9.91. The van der Waals surface area contributed by atoms with Crippen LogP contribution >= 0.6 is 0 Å². The molecule has 2 amide bonds. The van der Waals surface area contributed by atoms with Crippen LogP contribution in [0.15, 0.2) is 24.3 Å². The zero-order valence-electron chi connectivity index (χ0n) is 12.7. The van der Waals surface area contributed by atoms with E-state index in [-0.39, 0.29) is 6.03 Å². The fraction of sp³-hybridized carbons (Fsp3) is 0.533. The van der Waals surface area contributed by atoms with Gasteiger partial charge in [-0.05, 0) is 31.4 Å². The van der Waals surface area contributed by atoms with Crippen molar-refractivity contribution < 1.29 is 9.53 Å². The van der Waals surface area contributed by atoms with Crippen LogP contribution in [0.1, 0.15) is 27.2 Å². The van der Waals surface area contributed by atoms with Gasteiger partial charge in [0, 0.05) is 6.54 Å². The van der Waals surface area contributed by atoms with E-state index in [0.717, 1.165) is 6.42 Å². The van der Waals surface area contributed by atoms with Crippen molar-refractivity contribution in [2.75, 3.05) is 19.0 Å². The number of nitrogens with two attached hydrogens (primary N) is 1. The zero-order valence-corrected chi connectivity index (χ0v) is 12.7. The van der Waals surface area contributed by atoms with Crippen LogP contribution in [0.4, 0.5) is 10.5 Å². The summed E-state index contributed by atoms with van der Waals surface area (Å²) in [6, 6.07) is 7.01. The summed E-state index contributed by atoms with van der Waals surface area (Å²) < 4.78 is 5.20. The maximum absolute atomic E-state index is 12.1. The summed E-state index contributed by atoms with van der Waals surface area (Å²) >= 11 is 0. The van der Waals surface area contributed by atoms with Crippen molar-refractivity contribution in [2.45, 2.75) is 32.7 Å². The summed E-state index contributed by atoms with van der Waals surface area (Å²) in [5.41, 5.74) is 6.01. The molecule has 5 heteroatoms. The maximum atomic E-state index is 12.1. The molecule has 0 aliphatic heterocycles. The summed E-state index contributed by atoms with van der Waals surface area (Å²) in [5.74, 6) is 1.08. The van der Waals surface area contributed by atoms with Gasteiger partial charge in [-0.2, -0.15) is 0 Å². The molecule has 4 N–H and O–H groups in total. The number of methoxy groups -OCH3 is 1. The number of amides is 2. The normalized spacial score (nSPS) is 13.7. The predicted octanol–water partition coefficient (Wildman–Crippen LogP) is 2.58. The van der Waals surface area contributed by atoms with Gasteiger partial charge >= 0.3 is 6.03 Å². The molecule has 20 heavy (non-hydrogen) atoms. The van der Waals surface area contributed by atoms with Crippen molar-refractivity contribution in [3.63, 3.8) is 0 Å². The van der Waals surface area contributed by atoms with Gasteiger partial charge in [-0.1, -0.05) is 26.0 Å². The fourth-order valence-electron chi connectivity index (χ4n) is 2.26. The van der Waals surface area contributed by atoms with Gasteiger partial charge in [-0.15, -0.1) is 0 Å². The topological polar surface area (TPSA) is 76.4 Å². The van der Waals surface area contributed by atoms with E-state index in [9.17, 15) is 4.79 Å². The third-order valence-corrected chi connectivity index (χ3v) is 3.08. The zero-order chi connectivity index (χ0) is 15.2. The van der Waals surface area contributed by atoms with Crippen molar-refractivity contribution in [1.82, 2.24) is 5.32 Å². The SMILES string of the molecule is COc1ccccc1NC(=O)NC(C)(CN)CC(C)C. The molecule has 0 spiro atoms. The molecule has 0 aliphatic rings. The molecule has 0 radical (unpaired) electrons. The molecule has 0 saturated heterocycles. The largest absolute Gasteiger partial charge is 0.495 e. The Balaban J connectivity index is 2.71. The molecule has 1 unspecified atom stereocenters. The summed E-state index contributed by atoms with van der Waals surface area (Å²) in [7, 11) is 1.57. The molecule has 0 saturated carbocycles. The Morgan fingerprint density at radius 1 is 1.40 bits per heavy atom. The van der Waals surface area contributed by atoms with Gasteiger partial charge < -0.3 is 21.1 Å². The molecule has 112 valence electrons. The molecule has 0 heterocycles. The highest BCUT2D eigenvalue weighted by molar-refractivity contribution is 5.91. The summed E-state index contributed by atoms with van der Waals surface area (Å²) in [6.45, 7) is 6.56. The number of nitrogens with one attached hydrogen (secondary N) is 2. The molecule has 0 aliphatic carbocycles. The predicted molar refractivity (Wildman–Crippen MR) is 82.1 cm³/mol. The second-order valence-corrected chi connectivity index (χ2v) is 5.64. The lowest BCUT2D eigenvalue weighted by molar-refractivity contribution is 0.232. The average molecular weight is 279 g/mol. The van der Waals surface area contributed by atoms with Crippen molar-refractivity contribution >= 4 is 11.7 Å². The van der Waals surface area contributed by atoms with Gasteiger partial charge in [-0.3, -0.25) is 0 Å². The second-order valence-electron chi connectivity index (χ2n) is 5.64. The molecule has 1 atom stereocenters. The summed E-state index contributed by atoms with van der Waals surface area (Å²) in [5, 5.41) is 5.74. The van der Waals surface area contributed by atoms with Crippen molar-refractivity contribution in [2.24, 2.45) is 11.7 Å². The van der Waals surface area contributed by atoms with E-state index in [2.05, 4.69) is 24.5 Å². The average Bonchev–Trinajstić information content (AvgIpc) is 2.38. The summed E-state index contributed by atoms with van der Waals surface area (Å²) in [4.78, 5) is 12.1. The number of hydrogen-bond donors (Lipinski definition) is 3. The number of anilines is 1. The quantitative estimate of drug-likeness (QED) is 0.749. The van der Waals surface area contributed by atoms with E-state index in [1.165, 1.54) is 0 Å². The maximum Gasteiger partial charge on any atom is 0.319 e. The van der Waals surface area contributed by atoms with Crippen LogP contribution < -0.4 is 21.1 Å². The smallest absolute Gasteiger partial charge is 0.319 e. The van der Waals surface area contributed by atoms with Crippen LogP contribution in [-0.2, 0) is 0 Å².